The molecule has 1 unspecified atom stereocenters. The number of carbonyl (C=O) groups is 1. The van der Waals surface area contributed by atoms with E-state index in [9.17, 15) is 4.79 Å². The maximum absolute atomic E-state index is 12.8. The van der Waals surface area contributed by atoms with Gasteiger partial charge in [-0.1, -0.05) is 18.2 Å². The molecule has 0 radical (unpaired) electrons. The van der Waals surface area contributed by atoms with Gasteiger partial charge in [0, 0.05) is 18.0 Å². The van der Waals surface area contributed by atoms with Crippen molar-refractivity contribution < 1.29 is 9.53 Å². The van der Waals surface area contributed by atoms with Crippen molar-refractivity contribution in [3.63, 3.8) is 0 Å². The summed E-state index contributed by atoms with van der Waals surface area (Å²) in [6.45, 7) is 2.00. The molecule has 3 rings (SSSR count). The zero-order chi connectivity index (χ0) is 16.2. The molecule has 1 fully saturated rings. The summed E-state index contributed by atoms with van der Waals surface area (Å²) in [5, 5.41) is 10.9. The third-order valence-corrected chi connectivity index (χ3v) is 4.50. The van der Waals surface area contributed by atoms with E-state index in [-0.39, 0.29) is 11.7 Å². The van der Waals surface area contributed by atoms with Crippen molar-refractivity contribution in [2.24, 2.45) is 5.92 Å². The van der Waals surface area contributed by atoms with Crippen LogP contribution in [0.5, 0.6) is 5.75 Å². The van der Waals surface area contributed by atoms with Crippen molar-refractivity contribution in [1.82, 2.24) is 4.90 Å². The Bertz CT molecular complexity index is 764. The number of Topliss-reactive ketones (excluding diaryl/α,β-unsaturated/α-hetero) is 1. The molecule has 2 aromatic rings. The maximum atomic E-state index is 12.8. The molecule has 0 spiro atoms. The summed E-state index contributed by atoms with van der Waals surface area (Å²) < 4.78 is 5.23. The lowest BCUT2D eigenvalue weighted by atomic mass is 9.89. The lowest BCUT2D eigenvalue weighted by molar-refractivity contribution is 0.0833. The van der Waals surface area contributed by atoms with E-state index in [1.54, 1.807) is 7.11 Å². The zero-order valence-electron chi connectivity index (χ0n) is 13.3. The first-order valence-electron chi connectivity index (χ1n) is 7.92. The summed E-state index contributed by atoms with van der Waals surface area (Å²) in [5.41, 5.74) is 0.756. The predicted octanol–water partition coefficient (Wildman–Crippen LogP) is 3.27. The van der Waals surface area contributed by atoms with Gasteiger partial charge in [-0.15, -0.1) is 0 Å². The molecule has 1 saturated heterocycles. The average Bonchev–Trinajstić information content (AvgIpc) is 2.60. The minimum absolute atomic E-state index is 0.00667. The second-order valence-electron chi connectivity index (χ2n) is 6.02. The van der Waals surface area contributed by atoms with Crippen LogP contribution in [-0.4, -0.2) is 37.4 Å². The second-order valence-corrected chi connectivity index (χ2v) is 6.02. The molecule has 1 aliphatic heterocycles. The van der Waals surface area contributed by atoms with E-state index in [0.717, 1.165) is 41.5 Å². The van der Waals surface area contributed by atoms with Crippen LogP contribution in [0.25, 0.3) is 10.8 Å². The smallest absolute Gasteiger partial charge is 0.167 e. The zero-order valence-corrected chi connectivity index (χ0v) is 13.3. The fraction of sp³-hybridized carbons (Fsp3) is 0.368. The van der Waals surface area contributed by atoms with E-state index in [1.165, 1.54) is 0 Å². The molecule has 0 aliphatic carbocycles. The molecule has 2 aromatic carbocycles. The normalized spacial score (nSPS) is 18.5. The van der Waals surface area contributed by atoms with Crippen molar-refractivity contribution in [2.75, 3.05) is 26.7 Å². The standard InChI is InChI=1S/C19H20N2O2/c1-23-18-7-6-14-11-16(5-4-15(14)12-18)19(22)17-3-2-9-21(13-17)10-8-20/h4-7,11-12,17H,2-3,9-10,13H2,1H3. The lowest BCUT2D eigenvalue weighted by Crippen LogP contribution is -2.38. The number of hydrogen-bond donors (Lipinski definition) is 0. The number of nitrogens with zero attached hydrogens (tertiary/aromatic N) is 2. The van der Waals surface area contributed by atoms with Crippen molar-refractivity contribution >= 4 is 16.6 Å². The van der Waals surface area contributed by atoms with Gasteiger partial charge in [-0.05, 0) is 48.4 Å². The first kappa shape index (κ1) is 15.5. The van der Waals surface area contributed by atoms with Crippen LogP contribution in [0.4, 0.5) is 0 Å². The van der Waals surface area contributed by atoms with E-state index in [4.69, 9.17) is 10.00 Å². The van der Waals surface area contributed by atoms with Crippen LogP contribution < -0.4 is 4.74 Å². The van der Waals surface area contributed by atoms with Crippen LogP contribution in [0.15, 0.2) is 36.4 Å². The van der Waals surface area contributed by atoms with Gasteiger partial charge in [0.05, 0.1) is 19.7 Å². The predicted molar refractivity (Wildman–Crippen MR) is 89.6 cm³/mol. The van der Waals surface area contributed by atoms with Crippen molar-refractivity contribution in [3.8, 4) is 11.8 Å². The average molecular weight is 308 g/mol. The number of carbonyl (C=O) groups excluding carboxylic acids is 1. The fourth-order valence-corrected chi connectivity index (χ4v) is 3.25. The van der Waals surface area contributed by atoms with Crippen molar-refractivity contribution in [1.29, 1.82) is 5.26 Å². The van der Waals surface area contributed by atoms with Crippen LogP contribution in [0.3, 0.4) is 0 Å². The number of rotatable bonds is 4. The molecule has 1 atom stereocenters. The quantitative estimate of drug-likeness (QED) is 0.642. The minimum Gasteiger partial charge on any atom is -0.497 e. The molecular weight excluding hydrogens is 288 g/mol. The molecular formula is C19H20N2O2. The highest BCUT2D eigenvalue weighted by molar-refractivity contribution is 6.01. The first-order chi connectivity index (χ1) is 11.2. The van der Waals surface area contributed by atoms with E-state index in [0.29, 0.717) is 13.1 Å². The Morgan fingerprint density at radius 1 is 1.30 bits per heavy atom. The van der Waals surface area contributed by atoms with Crippen LogP contribution in [0.1, 0.15) is 23.2 Å². The number of ether oxygens (including phenoxy) is 1. The second kappa shape index (κ2) is 6.80. The number of ketones is 1. The Morgan fingerprint density at radius 3 is 2.87 bits per heavy atom. The van der Waals surface area contributed by atoms with Gasteiger partial charge in [-0.25, -0.2) is 0 Å². The molecule has 118 valence electrons. The molecule has 0 bridgehead atoms. The first-order valence-corrected chi connectivity index (χ1v) is 7.92. The summed E-state index contributed by atoms with van der Waals surface area (Å²) in [7, 11) is 1.65. The van der Waals surface area contributed by atoms with E-state index in [2.05, 4.69) is 11.0 Å². The fourth-order valence-electron chi connectivity index (χ4n) is 3.25. The molecule has 1 aliphatic rings. The largest absolute Gasteiger partial charge is 0.497 e. The van der Waals surface area contributed by atoms with E-state index < -0.39 is 0 Å². The van der Waals surface area contributed by atoms with Crippen LogP contribution in [-0.2, 0) is 0 Å². The van der Waals surface area contributed by atoms with Gasteiger partial charge < -0.3 is 4.74 Å². The lowest BCUT2D eigenvalue weighted by Gasteiger charge is -2.30. The number of piperidine rings is 1. The van der Waals surface area contributed by atoms with Crippen LogP contribution in [0.2, 0.25) is 0 Å². The number of benzene rings is 2. The molecule has 0 amide bonds. The van der Waals surface area contributed by atoms with Gasteiger partial charge in [0.2, 0.25) is 0 Å². The van der Waals surface area contributed by atoms with E-state index in [1.807, 2.05) is 36.4 Å². The molecule has 0 aromatic heterocycles. The Balaban J connectivity index is 1.82. The monoisotopic (exact) mass is 308 g/mol. The molecule has 4 heteroatoms. The number of hydrogen-bond acceptors (Lipinski definition) is 4. The van der Waals surface area contributed by atoms with Crippen LogP contribution >= 0.6 is 0 Å². The number of fused-ring (bicyclic) bond motifs is 1. The van der Waals surface area contributed by atoms with Gasteiger partial charge >= 0.3 is 0 Å². The Kier molecular flexibility index (Phi) is 4.59. The van der Waals surface area contributed by atoms with Gasteiger partial charge in [0.15, 0.2) is 5.78 Å². The molecule has 0 N–H and O–H groups in total. The van der Waals surface area contributed by atoms with Gasteiger partial charge in [0.25, 0.3) is 0 Å². The summed E-state index contributed by atoms with van der Waals surface area (Å²) in [4.78, 5) is 14.8. The maximum Gasteiger partial charge on any atom is 0.167 e. The number of methoxy groups -OCH3 is 1. The molecule has 1 heterocycles. The highest BCUT2D eigenvalue weighted by Crippen LogP contribution is 2.25. The Hall–Kier alpha value is -2.38. The van der Waals surface area contributed by atoms with Crippen molar-refractivity contribution in [2.45, 2.75) is 12.8 Å². The van der Waals surface area contributed by atoms with Crippen LogP contribution in [0, 0.1) is 17.2 Å². The summed E-state index contributed by atoms with van der Waals surface area (Å²) >= 11 is 0. The topological polar surface area (TPSA) is 53.3 Å². The molecule has 0 saturated carbocycles. The summed E-state index contributed by atoms with van der Waals surface area (Å²) in [6, 6.07) is 13.9. The van der Waals surface area contributed by atoms with Gasteiger partial charge in [-0.3, -0.25) is 9.69 Å². The highest BCUT2D eigenvalue weighted by atomic mass is 16.5. The third-order valence-electron chi connectivity index (χ3n) is 4.50. The number of likely N-dealkylation sites (tertiary alicyclic amines) is 1. The molecule has 23 heavy (non-hydrogen) atoms. The number of nitriles is 1. The SMILES string of the molecule is COc1ccc2cc(C(=O)C3CCCN(CC#N)C3)ccc2c1. The molecule has 4 nitrogen and oxygen atoms in total. The summed E-state index contributed by atoms with van der Waals surface area (Å²) in [6.07, 6.45) is 1.88. The minimum atomic E-state index is -0.00667. The third kappa shape index (κ3) is 3.35. The van der Waals surface area contributed by atoms with E-state index >= 15 is 0 Å². The highest BCUT2D eigenvalue weighted by Gasteiger charge is 2.26. The van der Waals surface area contributed by atoms with Gasteiger partial charge in [-0.2, -0.15) is 5.26 Å². The summed E-state index contributed by atoms with van der Waals surface area (Å²) in [5.74, 6) is 0.995. The van der Waals surface area contributed by atoms with Gasteiger partial charge in [0.1, 0.15) is 5.75 Å². The van der Waals surface area contributed by atoms with Crippen molar-refractivity contribution in [3.05, 3.63) is 42.0 Å². The Morgan fingerprint density at radius 2 is 2.09 bits per heavy atom. The Labute approximate surface area is 136 Å².